The van der Waals surface area contributed by atoms with Gasteiger partial charge in [0.05, 0.1) is 12.2 Å². The minimum absolute atomic E-state index is 0.000332. The Labute approximate surface area is 275 Å². The number of aryl methyl sites for hydroxylation is 1. The first-order chi connectivity index (χ1) is 22.6. The highest BCUT2D eigenvalue weighted by atomic mass is 19.3. The Morgan fingerprint density at radius 2 is 2.00 bits per heavy atom. The van der Waals surface area contributed by atoms with Gasteiger partial charge in [-0.2, -0.15) is 9.97 Å². The van der Waals surface area contributed by atoms with Gasteiger partial charge in [0, 0.05) is 67.0 Å². The van der Waals surface area contributed by atoms with Crippen LogP contribution in [-0.4, -0.2) is 91.2 Å². The van der Waals surface area contributed by atoms with E-state index in [0.29, 0.717) is 51.3 Å². The van der Waals surface area contributed by atoms with Gasteiger partial charge in [-0.3, -0.25) is 4.79 Å². The molecule has 3 aliphatic rings. The molecule has 1 atom stereocenters. The van der Waals surface area contributed by atoms with Crippen molar-refractivity contribution in [1.29, 1.82) is 0 Å². The summed E-state index contributed by atoms with van der Waals surface area (Å²) in [5.74, 6) is 1.40. The van der Waals surface area contributed by atoms with Crippen LogP contribution in [0.15, 0.2) is 42.5 Å². The van der Waals surface area contributed by atoms with Crippen molar-refractivity contribution in [3.63, 3.8) is 0 Å². The van der Waals surface area contributed by atoms with E-state index in [9.17, 15) is 13.6 Å². The van der Waals surface area contributed by atoms with E-state index < -0.39 is 6.43 Å². The fraction of sp³-hybridized carbons (Fsp3) is 0.500. The highest BCUT2D eigenvalue weighted by Gasteiger charge is 2.36. The van der Waals surface area contributed by atoms with Crippen LogP contribution >= 0.6 is 0 Å². The summed E-state index contributed by atoms with van der Waals surface area (Å²) in [7, 11) is 2.10. The van der Waals surface area contributed by atoms with Crippen LogP contribution in [0.25, 0.3) is 15.6 Å². The van der Waals surface area contributed by atoms with Crippen molar-refractivity contribution in [1.82, 2.24) is 19.8 Å². The van der Waals surface area contributed by atoms with Crippen LogP contribution in [0.1, 0.15) is 48.6 Å². The quantitative estimate of drug-likeness (QED) is 0.197. The van der Waals surface area contributed by atoms with Crippen molar-refractivity contribution in [2.24, 2.45) is 5.92 Å². The molecule has 0 bridgehead atoms. The zero-order valence-corrected chi connectivity index (χ0v) is 27.5. The predicted molar refractivity (Wildman–Crippen MR) is 180 cm³/mol. The molecule has 11 heteroatoms. The van der Waals surface area contributed by atoms with Gasteiger partial charge in [0.2, 0.25) is 12.5 Å². The molecule has 1 amide bonds. The van der Waals surface area contributed by atoms with Gasteiger partial charge in [-0.1, -0.05) is 24.8 Å². The minimum Gasteiger partial charge on any atom is -0.462 e. The molecule has 2 aromatic carbocycles. The van der Waals surface area contributed by atoms with E-state index >= 15 is 0 Å². The topological polar surface area (TPSA) is 69.4 Å². The highest BCUT2D eigenvalue weighted by Crippen LogP contribution is 2.38. The molecular formula is C36H43F2N7O2. The summed E-state index contributed by atoms with van der Waals surface area (Å²) in [6.07, 6.45) is 0.600. The number of fused-ring (bicyclic) bond motifs is 2. The van der Waals surface area contributed by atoms with Crippen molar-refractivity contribution in [2.75, 3.05) is 69.3 Å². The fourth-order valence-electron chi connectivity index (χ4n) is 6.85. The monoisotopic (exact) mass is 643 g/mol. The largest absolute Gasteiger partial charge is 0.462 e. The molecule has 0 N–H and O–H groups in total. The van der Waals surface area contributed by atoms with Crippen LogP contribution < -0.4 is 14.5 Å². The molecule has 47 heavy (non-hydrogen) atoms. The number of carbonyl (C=O) groups is 1. The third kappa shape index (κ3) is 7.18. The van der Waals surface area contributed by atoms with Crippen molar-refractivity contribution in [2.45, 2.75) is 52.1 Å². The molecule has 1 saturated carbocycles. The summed E-state index contributed by atoms with van der Waals surface area (Å²) in [5.41, 5.74) is 4.05. The maximum atomic E-state index is 14.0. The van der Waals surface area contributed by atoms with E-state index in [1.54, 1.807) is 24.0 Å². The Morgan fingerprint density at radius 1 is 1.19 bits per heavy atom. The van der Waals surface area contributed by atoms with E-state index in [2.05, 4.69) is 33.2 Å². The number of benzene rings is 2. The average molecular weight is 644 g/mol. The molecule has 2 fully saturated rings. The molecule has 248 valence electrons. The number of halogens is 2. The Morgan fingerprint density at radius 3 is 2.72 bits per heavy atom. The first kappa shape index (κ1) is 32.6. The molecule has 6 rings (SSSR count). The Kier molecular flexibility index (Phi) is 9.60. The van der Waals surface area contributed by atoms with Gasteiger partial charge < -0.3 is 29.2 Å². The maximum absolute atomic E-state index is 14.0. The lowest BCUT2D eigenvalue weighted by Gasteiger charge is -2.41. The molecule has 0 spiro atoms. The number of aromatic nitrogens is 2. The van der Waals surface area contributed by atoms with Crippen molar-refractivity contribution in [3.8, 4) is 6.01 Å². The van der Waals surface area contributed by atoms with E-state index in [0.717, 1.165) is 58.1 Å². The summed E-state index contributed by atoms with van der Waals surface area (Å²) in [6.45, 7) is 20.0. The number of piperazine rings is 1. The van der Waals surface area contributed by atoms with Gasteiger partial charge in [0.25, 0.3) is 6.43 Å². The number of ether oxygens (including phenoxy) is 1. The lowest BCUT2D eigenvalue weighted by atomic mass is 9.97. The van der Waals surface area contributed by atoms with E-state index in [-0.39, 0.29) is 30.1 Å². The lowest BCUT2D eigenvalue weighted by Crippen LogP contribution is -2.57. The van der Waals surface area contributed by atoms with Crippen LogP contribution in [0.5, 0.6) is 6.01 Å². The number of nitrogens with zero attached hydrogens (tertiary/aromatic N) is 7. The normalized spacial score (nSPS) is 18.1. The molecular weight excluding hydrogens is 600 g/mol. The van der Waals surface area contributed by atoms with Gasteiger partial charge >= 0.3 is 6.01 Å². The lowest BCUT2D eigenvalue weighted by molar-refractivity contribution is -0.129. The van der Waals surface area contributed by atoms with Crippen molar-refractivity contribution in [3.05, 3.63) is 76.3 Å². The fourth-order valence-corrected chi connectivity index (χ4v) is 6.85. The summed E-state index contributed by atoms with van der Waals surface area (Å²) in [5, 5.41) is 1.75. The third-order valence-corrected chi connectivity index (χ3v) is 9.48. The van der Waals surface area contributed by atoms with E-state index in [1.165, 1.54) is 12.8 Å². The zero-order chi connectivity index (χ0) is 33.2. The number of hydrogen-bond donors (Lipinski definition) is 0. The first-order valence-electron chi connectivity index (χ1n) is 16.4. The maximum Gasteiger partial charge on any atom is 0.318 e. The molecule has 3 heterocycles. The average Bonchev–Trinajstić information content (AvgIpc) is 3.87. The highest BCUT2D eigenvalue weighted by molar-refractivity contribution is 5.97. The SMILES string of the molecule is [C-]#[N+]C[C@H]1CN(c2nc(OCCN(C)CC3CC3)nc3c2CCN(c2cc(C(F)F)cc4cccc(C)c24)C3)CCN1C(=O)C(=C)C. The van der Waals surface area contributed by atoms with Crippen LogP contribution in [0, 0.1) is 19.4 Å². The van der Waals surface area contributed by atoms with E-state index in [1.807, 2.05) is 25.1 Å². The van der Waals surface area contributed by atoms with Gasteiger partial charge in [-0.05, 0) is 69.2 Å². The molecule has 0 unspecified atom stereocenters. The second kappa shape index (κ2) is 13.8. The van der Waals surface area contributed by atoms with Gasteiger partial charge in [0.15, 0.2) is 0 Å². The second-order valence-corrected chi connectivity index (χ2v) is 13.2. The van der Waals surface area contributed by atoms with Gasteiger partial charge in [0.1, 0.15) is 18.5 Å². The van der Waals surface area contributed by atoms with Gasteiger partial charge in [-0.25, -0.2) is 15.4 Å². The number of carbonyl (C=O) groups excluding carboxylic acids is 1. The van der Waals surface area contributed by atoms with Crippen LogP contribution in [0.3, 0.4) is 0 Å². The number of anilines is 2. The predicted octanol–water partition coefficient (Wildman–Crippen LogP) is 5.67. The van der Waals surface area contributed by atoms with Crippen LogP contribution in [-0.2, 0) is 17.8 Å². The zero-order valence-electron chi connectivity index (χ0n) is 27.5. The number of amides is 1. The Bertz CT molecular complexity index is 1700. The summed E-state index contributed by atoms with van der Waals surface area (Å²) < 4.78 is 34.3. The number of likely N-dealkylation sites (N-methyl/N-ethyl adjacent to an activating group) is 1. The first-order valence-corrected chi connectivity index (χ1v) is 16.4. The number of rotatable bonds is 11. The third-order valence-electron chi connectivity index (χ3n) is 9.48. The molecule has 9 nitrogen and oxygen atoms in total. The van der Waals surface area contributed by atoms with Crippen LogP contribution in [0.4, 0.5) is 20.3 Å². The summed E-state index contributed by atoms with van der Waals surface area (Å²) in [6, 6.07) is 8.98. The summed E-state index contributed by atoms with van der Waals surface area (Å²) >= 11 is 0. The molecule has 3 aromatic rings. The standard InChI is InChI=1S/C36H43F2N7O2/c1-23(2)35(46)45-14-13-44(21-28(45)19-39-4)34-29-11-12-43(31-18-27(33(37)38)17-26-8-6-7-24(3)32(26)31)22-30(29)40-36(41-34)47-16-15-42(5)20-25-9-10-25/h6-8,17-18,25,28,33H,1,9-16,19-22H2,2-3,5H3/t28-/m0/s1. The van der Waals surface area contributed by atoms with Crippen molar-refractivity contribution >= 4 is 28.2 Å². The summed E-state index contributed by atoms with van der Waals surface area (Å²) in [4.78, 5) is 34.7. The number of alkyl halides is 2. The molecule has 2 aliphatic heterocycles. The van der Waals surface area contributed by atoms with Crippen LogP contribution in [0.2, 0.25) is 0 Å². The van der Waals surface area contributed by atoms with Crippen molar-refractivity contribution < 1.29 is 18.3 Å². The smallest absolute Gasteiger partial charge is 0.318 e. The molecule has 0 radical (unpaired) electrons. The van der Waals surface area contributed by atoms with Gasteiger partial charge in [-0.15, -0.1) is 0 Å². The Balaban J connectivity index is 1.33. The molecule has 1 saturated heterocycles. The second-order valence-electron chi connectivity index (χ2n) is 13.2. The van der Waals surface area contributed by atoms with E-state index in [4.69, 9.17) is 21.3 Å². The number of hydrogen-bond acceptors (Lipinski definition) is 7. The molecule has 1 aliphatic carbocycles. The Hall–Kier alpha value is -4.30. The minimum atomic E-state index is -2.58. The molecule has 1 aromatic heterocycles.